The fourth-order valence-electron chi connectivity index (χ4n) is 1.74. The lowest BCUT2D eigenvalue weighted by molar-refractivity contribution is 0.372. The van der Waals surface area contributed by atoms with Crippen LogP contribution in [0.1, 0.15) is 32.4 Å². The first-order valence-electron chi connectivity index (χ1n) is 5.42. The quantitative estimate of drug-likeness (QED) is 0.806. The molecular weight excluding hydrogens is 188 g/mol. The standard InChI is InChI=1S/C12H20N2O/c1-5-14-12(9(2)3)10-6-7-13-8-11(10)15-4/h6-9,12,14H,5H2,1-4H3. The summed E-state index contributed by atoms with van der Waals surface area (Å²) in [6.07, 6.45) is 3.58. The van der Waals surface area contributed by atoms with Crippen molar-refractivity contribution < 1.29 is 4.74 Å². The van der Waals surface area contributed by atoms with Gasteiger partial charge in [-0.05, 0) is 18.5 Å². The Morgan fingerprint density at radius 3 is 2.73 bits per heavy atom. The van der Waals surface area contributed by atoms with Crippen molar-refractivity contribution in [2.75, 3.05) is 13.7 Å². The number of hydrogen-bond acceptors (Lipinski definition) is 3. The van der Waals surface area contributed by atoms with Crippen LogP contribution < -0.4 is 10.1 Å². The molecule has 84 valence electrons. The molecule has 0 saturated heterocycles. The molecular formula is C12H20N2O. The third-order valence-corrected chi connectivity index (χ3v) is 2.46. The highest BCUT2D eigenvalue weighted by Crippen LogP contribution is 2.28. The Hall–Kier alpha value is -1.09. The first-order valence-corrected chi connectivity index (χ1v) is 5.42. The van der Waals surface area contributed by atoms with Crippen molar-refractivity contribution >= 4 is 0 Å². The third kappa shape index (κ3) is 2.93. The predicted molar refractivity (Wildman–Crippen MR) is 62.0 cm³/mol. The monoisotopic (exact) mass is 208 g/mol. The van der Waals surface area contributed by atoms with Gasteiger partial charge in [-0.25, -0.2) is 0 Å². The third-order valence-electron chi connectivity index (χ3n) is 2.46. The zero-order valence-corrected chi connectivity index (χ0v) is 9.95. The summed E-state index contributed by atoms with van der Waals surface area (Å²) < 4.78 is 5.32. The molecule has 0 amide bonds. The molecule has 0 fully saturated rings. The number of ether oxygens (including phenoxy) is 1. The van der Waals surface area contributed by atoms with Crippen LogP contribution in [-0.4, -0.2) is 18.6 Å². The Balaban J connectivity index is 2.98. The molecule has 0 aliphatic heterocycles. The number of aromatic nitrogens is 1. The van der Waals surface area contributed by atoms with Gasteiger partial charge in [-0.3, -0.25) is 4.98 Å². The highest BCUT2D eigenvalue weighted by Gasteiger charge is 2.18. The second kappa shape index (κ2) is 5.71. The fourth-order valence-corrected chi connectivity index (χ4v) is 1.74. The van der Waals surface area contributed by atoms with E-state index in [9.17, 15) is 0 Å². The zero-order chi connectivity index (χ0) is 11.3. The van der Waals surface area contributed by atoms with Crippen molar-refractivity contribution in [2.24, 2.45) is 5.92 Å². The van der Waals surface area contributed by atoms with Gasteiger partial charge in [-0.2, -0.15) is 0 Å². The van der Waals surface area contributed by atoms with E-state index in [1.165, 1.54) is 5.56 Å². The van der Waals surface area contributed by atoms with Crippen LogP contribution in [0.15, 0.2) is 18.5 Å². The van der Waals surface area contributed by atoms with E-state index in [0.717, 1.165) is 12.3 Å². The summed E-state index contributed by atoms with van der Waals surface area (Å²) in [6, 6.07) is 2.35. The normalized spacial score (nSPS) is 12.9. The van der Waals surface area contributed by atoms with Gasteiger partial charge in [0.1, 0.15) is 5.75 Å². The molecule has 0 saturated carbocycles. The molecule has 1 aromatic rings. The first kappa shape index (κ1) is 12.0. The second-order valence-corrected chi connectivity index (χ2v) is 3.90. The van der Waals surface area contributed by atoms with E-state index in [1.54, 1.807) is 13.3 Å². The minimum Gasteiger partial charge on any atom is -0.495 e. The SMILES string of the molecule is CCNC(c1ccncc1OC)C(C)C. The molecule has 3 heteroatoms. The minimum absolute atomic E-state index is 0.327. The lowest BCUT2D eigenvalue weighted by atomic mass is 9.96. The van der Waals surface area contributed by atoms with Crippen molar-refractivity contribution in [3.05, 3.63) is 24.0 Å². The van der Waals surface area contributed by atoms with Crippen molar-refractivity contribution in [1.82, 2.24) is 10.3 Å². The predicted octanol–water partition coefficient (Wildman–Crippen LogP) is 2.40. The summed E-state index contributed by atoms with van der Waals surface area (Å²) in [6.45, 7) is 7.47. The molecule has 3 nitrogen and oxygen atoms in total. The second-order valence-electron chi connectivity index (χ2n) is 3.90. The molecule has 0 aliphatic rings. The summed E-state index contributed by atoms with van der Waals surface area (Å²) >= 11 is 0. The summed E-state index contributed by atoms with van der Waals surface area (Å²) in [5.41, 5.74) is 1.18. The van der Waals surface area contributed by atoms with E-state index in [-0.39, 0.29) is 0 Å². The molecule has 1 rings (SSSR count). The number of methoxy groups -OCH3 is 1. The van der Waals surface area contributed by atoms with Crippen LogP contribution in [0.4, 0.5) is 0 Å². The van der Waals surface area contributed by atoms with Crippen LogP contribution in [0.2, 0.25) is 0 Å². The van der Waals surface area contributed by atoms with Crippen molar-refractivity contribution in [1.29, 1.82) is 0 Å². The molecule has 0 aliphatic carbocycles. The van der Waals surface area contributed by atoms with Crippen LogP contribution >= 0.6 is 0 Å². The Labute approximate surface area is 91.9 Å². The molecule has 1 unspecified atom stereocenters. The molecule has 0 bridgehead atoms. The maximum Gasteiger partial charge on any atom is 0.141 e. The van der Waals surface area contributed by atoms with Gasteiger partial charge in [0.05, 0.1) is 13.3 Å². The van der Waals surface area contributed by atoms with Gasteiger partial charge in [0.2, 0.25) is 0 Å². The van der Waals surface area contributed by atoms with Crippen molar-refractivity contribution in [2.45, 2.75) is 26.8 Å². The number of rotatable bonds is 5. The molecule has 0 spiro atoms. The first-order chi connectivity index (χ1) is 7.20. The average Bonchev–Trinajstić information content (AvgIpc) is 2.25. The molecule has 1 aromatic heterocycles. The van der Waals surface area contributed by atoms with Gasteiger partial charge >= 0.3 is 0 Å². The minimum atomic E-state index is 0.327. The Morgan fingerprint density at radius 2 is 2.20 bits per heavy atom. The molecule has 0 aromatic carbocycles. The summed E-state index contributed by atoms with van der Waals surface area (Å²) in [5, 5.41) is 3.47. The molecule has 15 heavy (non-hydrogen) atoms. The van der Waals surface area contributed by atoms with Crippen LogP contribution in [0.25, 0.3) is 0 Å². The fraction of sp³-hybridized carbons (Fsp3) is 0.583. The lowest BCUT2D eigenvalue weighted by Gasteiger charge is -2.23. The van der Waals surface area contributed by atoms with Gasteiger partial charge in [-0.15, -0.1) is 0 Å². The average molecular weight is 208 g/mol. The molecule has 1 heterocycles. The van der Waals surface area contributed by atoms with E-state index in [4.69, 9.17) is 4.74 Å². The van der Waals surface area contributed by atoms with Gasteiger partial charge in [-0.1, -0.05) is 20.8 Å². The Kier molecular flexibility index (Phi) is 4.56. The topological polar surface area (TPSA) is 34.2 Å². The highest BCUT2D eigenvalue weighted by molar-refractivity contribution is 5.33. The van der Waals surface area contributed by atoms with E-state index in [0.29, 0.717) is 12.0 Å². The summed E-state index contributed by atoms with van der Waals surface area (Å²) in [5.74, 6) is 1.39. The van der Waals surface area contributed by atoms with E-state index < -0.39 is 0 Å². The number of hydrogen-bond donors (Lipinski definition) is 1. The maximum absolute atomic E-state index is 5.32. The van der Waals surface area contributed by atoms with Gasteiger partial charge in [0, 0.05) is 17.8 Å². The summed E-state index contributed by atoms with van der Waals surface area (Å²) in [4.78, 5) is 4.07. The van der Waals surface area contributed by atoms with E-state index in [2.05, 4.69) is 31.1 Å². The van der Waals surface area contributed by atoms with Gasteiger partial charge in [0.25, 0.3) is 0 Å². The highest BCUT2D eigenvalue weighted by atomic mass is 16.5. The van der Waals surface area contributed by atoms with Gasteiger partial charge < -0.3 is 10.1 Å². The van der Waals surface area contributed by atoms with E-state index >= 15 is 0 Å². The maximum atomic E-state index is 5.32. The van der Waals surface area contributed by atoms with Gasteiger partial charge in [0.15, 0.2) is 0 Å². The Bertz CT molecular complexity index is 299. The van der Waals surface area contributed by atoms with Crippen molar-refractivity contribution in [3.8, 4) is 5.75 Å². The number of nitrogens with one attached hydrogen (secondary N) is 1. The van der Waals surface area contributed by atoms with Crippen LogP contribution in [0, 0.1) is 5.92 Å². The smallest absolute Gasteiger partial charge is 0.141 e. The molecule has 1 atom stereocenters. The molecule has 0 radical (unpaired) electrons. The van der Waals surface area contributed by atoms with Crippen LogP contribution in [-0.2, 0) is 0 Å². The van der Waals surface area contributed by atoms with Crippen molar-refractivity contribution in [3.63, 3.8) is 0 Å². The van der Waals surface area contributed by atoms with E-state index in [1.807, 2.05) is 12.3 Å². The van der Waals surface area contributed by atoms with Crippen LogP contribution in [0.3, 0.4) is 0 Å². The number of pyridine rings is 1. The zero-order valence-electron chi connectivity index (χ0n) is 9.95. The molecule has 1 N–H and O–H groups in total. The van der Waals surface area contributed by atoms with Crippen LogP contribution in [0.5, 0.6) is 5.75 Å². The number of nitrogens with zero attached hydrogens (tertiary/aromatic N) is 1. The Morgan fingerprint density at radius 1 is 1.47 bits per heavy atom. The largest absolute Gasteiger partial charge is 0.495 e. The lowest BCUT2D eigenvalue weighted by Crippen LogP contribution is -2.25. The summed E-state index contributed by atoms with van der Waals surface area (Å²) in [7, 11) is 1.68.